The van der Waals surface area contributed by atoms with Crippen LogP contribution in [0.4, 0.5) is 16.2 Å². The van der Waals surface area contributed by atoms with Crippen molar-refractivity contribution < 1.29 is 19.2 Å². The van der Waals surface area contributed by atoms with Gasteiger partial charge in [0.1, 0.15) is 6.61 Å². The van der Waals surface area contributed by atoms with E-state index in [-0.39, 0.29) is 11.5 Å². The molecular weight excluding hydrogens is 360 g/mol. The first-order valence-electron chi connectivity index (χ1n) is 7.66. The van der Waals surface area contributed by atoms with E-state index in [1.54, 1.807) is 24.3 Å². The maximum atomic E-state index is 12.4. The molecule has 0 unspecified atom stereocenters. The second-order valence-corrected chi connectivity index (χ2v) is 5.88. The van der Waals surface area contributed by atoms with Gasteiger partial charge in [-0.05, 0) is 35.9 Å². The lowest BCUT2D eigenvalue weighted by Crippen LogP contribution is -2.23. The third-order valence-electron chi connectivity index (χ3n) is 3.81. The number of cyclic esters (lactones) is 1. The normalized spacial score (nSPS) is 13.9. The second-order valence-electron chi connectivity index (χ2n) is 5.48. The van der Waals surface area contributed by atoms with Gasteiger partial charge in [0, 0.05) is 28.4 Å². The summed E-state index contributed by atoms with van der Waals surface area (Å²) in [7, 11) is 0. The average Bonchev–Trinajstić information content (AvgIpc) is 3.06. The molecule has 0 aliphatic carbocycles. The molecule has 26 heavy (non-hydrogen) atoms. The maximum absolute atomic E-state index is 12.4. The van der Waals surface area contributed by atoms with Gasteiger partial charge in [0.05, 0.1) is 11.5 Å². The summed E-state index contributed by atoms with van der Waals surface area (Å²) in [4.78, 5) is 35.8. The molecule has 1 saturated heterocycles. The largest absolute Gasteiger partial charge is 0.447 e. The molecule has 0 spiro atoms. The molecule has 0 aromatic heterocycles. The number of carbonyl (C=O) groups excluding carboxylic acids is 2. The third-order valence-corrected chi connectivity index (χ3v) is 4.15. The van der Waals surface area contributed by atoms with Crippen LogP contribution < -0.4 is 4.90 Å². The highest BCUT2D eigenvalue weighted by Crippen LogP contribution is 2.24. The van der Waals surface area contributed by atoms with Crippen LogP contribution in [0.3, 0.4) is 0 Å². The maximum Gasteiger partial charge on any atom is 0.414 e. The van der Waals surface area contributed by atoms with Gasteiger partial charge in [0.25, 0.3) is 5.69 Å². The van der Waals surface area contributed by atoms with Crippen LogP contribution in [0.15, 0.2) is 48.5 Å². The lowest BCUT2D eigenvalue weighted by molar-refractivity contribution is -0.384. The summed E-state index contributed by atoms with van der Waals surface area (Å²) in [5.74, 6) is -0.318. The van der Waals surface area contributed by atoms with Crippen molar-refractivity contribution in [3.05, 3.63) is 74.8 Å². The number of nitro benzene ring substituents is 1. The van der Waals surface area contributed by atoms with E-state index in [4.69, 9.17) is 16.3 Å². The quantitative estimate of drug-likeness (QED) is 0.341. The number of benzene rings is 2. The summed E-state index contributed by atoms with van der Waals surface area (Å²) in [5, 5.41) is 11.1. The summed E-state index contributed by atoms with van der Waals surface area (Å²) in [6.45, 7) is 0.734. The Bertz CT molecular complexity index is 926. The third kappa shape index (κ3) is 3.73. The molecule has 0 radical (unpaired) electrons. The Morgan fingerprint density at radius 1 is 1.27 bits per heavy atom. The fourth-order valence-corrected chi connectivity index (χ4v) is 2.67. The summed E-state index contributed by atoms with van der Waals surface area (Å²) in [5.41, 5.74) is 1.20. The molecule has 3 rings (SSSR count). The topological polar surface area (TPSA) is 89.8 Å². The van der Waals surface area contributed by atoms with Crippen LogP contribution in [0.25, 0.3) is 6.08 Å². The standard InChI is InChI=1S/C18H13ClN2O5/c19-16-6-5-15(21(24)25)10-12(16)4-7-17(22)13-2-1-3-14(11-13)20-8-9-26-18(20)23/h1-7,10-11H,8-9H2. The Morgan fingerprint density at radius 3 is 2.77 bits per heavy atom. The minimum Gasteiger partial charge on any atom is -0.447 e. The smallest absolute Gasteiger partial charge is 0.414 e. The zero-order valence-electron chi connectivity index (χ0n) is 13.4. The number of hydrogen-bond donors (Lipinski definition) is 0. The van der Waals surface area contributed by atoms with Crippen LogP contribution >= 0.6 is 11.6 Å². The molecule has 1 amide bonds. The zero-order chi connectivity index (χ0) is 18.7. The van der Waals surface area contributed by atoms with Crippen molar-refractivity contribution in [2.75, 3.05) is 18.1 Å². The number of amides is 1. The van der Waals surface area contributed by atoms with Crippen molar-refractivity contribution in [3.63, 3.8) is 0 Å². The molecule has 1 aliphatic heterocycles. The molecular formula is C18H13ClN2O5. The highest BCUT2D eigenvalue weighted by atomic mass is 35.5. The van der Waals surface area contributed by atoms with Gasteiger partial charge in [0.2, 0.25) is 0 Å². The van der Waals surface area contributed by atoms with Crippen molar-refractivity contribution in [1.29, 1.82) is 0 Å². The Hall–Kier alpha value is -3.19. The van der Waals surface area contributed by atoms with Gasteiger partial charge in [0.15, 0.2) is 5.78 Å². The summed E-state index contributed by atoms with van der Waals surface area (Å²) in [6.07, 6.45) is 2.26. The highest BCUT2D eigenvalue weighted by molar-refractivity contribution is 6.32. The number of ketones is 1. The Morgan fingerprint density at radius 2 is 2.08 bits per heavy atom. The molecule has 1 fully saturated rings. The highest BCUT2D eigenvalue weighted by Gasteiger charge is 2.23. The molecule has 1 aliphatic rings. The molecule has 0 bridgehead atoms. The van der Waals surface area contributed by atoms with Gasteiger partial charge in [-0.3, -0.25) is 19.8 Å². The first-order valence-corrected chi connectivity index (χ1v) is 8.04. The summed E-state index contributed by atoms with van der Waals surface area (Å²) in [6, 6.07) is 10.6. The summed E-state index contributed by atoms with van der Waals surface area (Å²) < 4.78 is 4.89. The van der Waals surface area contributed by atoms with E-state index in [9.17, 15) is 19.7 Å². The van der Waals surface area contributed by atoms with E-state index < -0.39 is 11.0 Å². The molecule has 2 aromatic rings. The van der Waals surface area contributed by atoms with Crippen molar-refractivity contribution in [3.8, 4) is 0 Å². The van der Waals surface area contributed by atoms with Crippen LogP contribution in [0.1, 0.15) is 15.9 Å². The molecule has 0 N–H and O–H groups in total. The number of halogens is 1. The monoisotopic (exact) mass is 372 g/mol. The lowest BCUT2D eigenvalue weighted by Gasteiger charge is -2.13. The van der Waals surface area contributed by atoms with Crippen LogP contribution in [0.2, 0.25) is 5.02 Å². The molecule has 8 heteroatoms. The molecule has 2 aromatic carbocycles. The van der Waals surface area contributed by atoms with Gasteiger partial charge in [-0.2, -0.15) is 0 Å². The van der Waals surface area contributed by atoms with Crippen LogP contribution in [-0.2, 0) is 4.74 Å². The molecule has 132 valence electrons. The van der Waals surface area contributed by atoms with Crippen molar-refractivity contribution in [2.45, 2.75) is 0 Å². The minimum atomic E-state index is -0.534. The number of nitro groups is 1. The fraction of sp³-hybridized carbons (Fsp3) is 0.111. The van der Waals surface area contributed by atoms with E-state index in [0.29, 0.717) is 35.0 Å². The van der Waals surface area contributed by atoms with Crippen molar-refractivity contribution in [2.24, 2.45) is 0 Å². The zero-order valence-corrected chi connectivity index (χ0v) is 14.2. The SMILES string of the molecule is O=C(C=Cc1cc([N+](=O)[O-])ccc1Cl)c1cccc(N2CCOC2=O)c1. The second kappa shape index (κ2) is 7.37. The fourth-order valence-electron chi connectivity index (χ4n) is 2.49. The lowest BCUT2D eigenvalue weighted by atomic mass is 10.1. The van der Waals surface area contributed by atoms with E-state index >= 15 is 0 Å². The van der Waals surface area contributed by atoms with E-state index in [1.807, 2.05) is 0 Å². The van der Waals surface area contributed by atoms with E-state index in [1.165, 1.54) is 35.3 Å². The predicted molar refractivity (Wildman–Crippen MR) is 96.6 cm³/mol. The average molecular weight is 373 g/mol. The number of carbonyl (C=O) groups is 2. The number of rotatable bonds is 5. The molecule has 7 nitrogen and oxygen atoms in total. The Kier molecular flexibility index (Phi) is 4.99. The van der Waals surface area contributed by atoms with Crippen molar-refractivity contribution >= 4 is 40.9 Å². The number of non-ortho nitro benzene ring substituents is 1. The first-order chi connectivity index (χ1) is 12.5. The Balaban J connectivity index is 1.82. The number of hydrogen-bond acceptors (Lipinski definition) is 5. The first kappa shape index (κ1) is 17.6. The van der Waals surface area contributed by atoms with Gasteiger partial charge in [-0.15, -0.1) is 0 Å². The Labute approximate surface area is 153 Å². The van der Waals surface area contributed by atoms with Gasteiger partial charge in [-0.1, -0.05) is 23.7 Å². The number of allylic oxidation sites excluding steroid dienone is 1. The molecule has 0 atom stereocenters. The van der Waals surface area contributed by atoms with Gasteiger partial charge in [-0.25, -0.2) is 4.79 Å². The summed E-state index contributed by atoms with van der Waals surface area (Å²) >= 11 is 6.01. The number of nitrogens with zero attached hydrogens (tertiary/aromatic N) is 2. The van der Waals surface area contributed by atoms with E-state index in [0.717, 1.165) is 0 Å². The predicted octanol–water partition coefficient (Wildman–Crippen LogP) is 4.10. The van der Waals surface area contributed by atoms with Gasteiger partial charge < -0.3 is 4.74 Å². The molecule has 0 saturated carbocycles. The van der Waals surface area contributed by atoms with Gasteiger partial charge >= 0.3 is 6.09 Å². The minimum absolute atomic E-state index is 0.115. The number of anilines is 1. The molecule has 1 heterocycles. The van der Waals surface area contributed by atoms with Crippen LogP contribution in [0.5, 0.6) is 0 Å². The van der Waals surface area contributed by atoms with Crippen LogP contribution in [0, 0.1) is 10.1 Å². The van der Waals surface area contributed by atoms with E-state index in [2.05, 4.69) is 0 Å². The number of ether oxygens (including phenoxy) is 1. The van der Waals surface area contributed by atoms with Crippen LogP contribution in [-0.4, -0.2) is 30.0 Å². The van der Waals surface area contributed by atoms with Crippen molar-refractivity contribution in [1.82, 2.24) is 0 Å².